The van der Waals surface area contributed by atoms with Crippen LogP contribution < -0.4 is 5.32 Å². The molecule has 5 heteroatoms. The Hall–Kier alpha value is -1.46. The van der Waals surface area contributed by atoms with Crippen LogP contribution in [0.25, 0.3) is 0 Å². The minimum atomic E-state index is 0.0673. The molecule has 2 aliphatic heterocycles. The molecular weight excluding hydrogens is 314 g/mol. The Morgan fingerprint density at radius 3 is 2.72 bits per heavy atom. The number of carbonyl (C=O) groups is 1. The van der Waals surface area contributed by atoms with Crippen molar-refractivity contribution in [3.63, 3.8) is 0 Å². The largest absolute Gasteiger partial charge is 0.370 e. The summed E-state index contributed by atoms with van der Waals surface area (Å²) < 4.78 is 6.38. The number of hydrogen-bond donors (Lipinski definition) is 1. The number of ether oxygens (including phenoxy) is 1. The van der Waals surface area contributed by atoms with E-state index in [0.29, 0.717) is 19.0 Å². The molecule has 0 bridgehead atoms. The van der Waals surface area contributed by atoms with E-state index in [-0.39, 0.29) is 17.6 Å². The number of piperidine rings is 1. The summed E-state index contributed by atoms with van der Waals surface area (Å²) in [6, 6.07) is 4.54. The lowest BCUT2D eigenvalue weighted by molar-refractivity contribution is -0.122. The summed E-state index contributed by atoms with van der Waals surface area (Å²) >= 11 is 0. The number of aryl methyl sites for hydroxylation is 1. The van der Waals surface area contributed by atoms with Gasteiger partial charge in [-0.2, -0.15) is 0 Å². The molecule has 3 rings (SSSR count). The first-order valence-corrected chi connectivity index (χ1v) is 9.64. The zero-order chi connectivity index (χ0) is 17.7. The molecule has 1 amide bonds. The van der Waals surface area contributed by atoms with Crippen LogP contribution in [0, 0.1) is 0 Å². The number of nitrogens with one attached hydrogen (secondary N) is 1. The molecule has 1 atom stereocenters. The molecule has 0 aromatic carbocycles. The molecule has 2 fully saturated rings. The first-order valence-electron chi connectivity index (χ1n) is 9.64. The zero-order valence-electron chi connectivity index (χ0n) is 15.5. The summed E-state index contributed by atoms with van der Waals surface area (Å²) in [4.78, 5) is 18.6. The van der Waals surface area contributed by atoms with E-state index >= 15 is 0 Å². The van der Waals surface area contributed by atoms with Crippen LogP contribution in [-0.2, 0) is 16.0 Å². The fraction of sp³-hybridized carbons (Fsp3) is 0.700. The number of amides is 1. The third-order valence-corrected chi connectivity index (χ3v) is 5.70. The highest BCUT2D eigenvalue weighted by molar-refractivity contribution is 5.76. The monoisotopic (exact) mass is 345 g/mol. The first-order chi connectivity index (χ1) is 12.1. The number of likely N-dealkylation sites (tertiary alicyclic amines) is 1. The van der Waals surface area contributed by atoms with Crippen LogP contribution in [0.1, 0.15) is 51.5 Å². The highest BCUT2D eigenvalue weighted by Gasteiger charge is 2.42. The van der Waals surface area contributed by atoms with Crippen molar-refractivity contribution in [1.29, 1.82) is 0 Å². The second-order valence-corrected chi connectivity index (χ2v) is 7.75. The molecule has 0 aliphatic carbocycles. The topological polar surface area (TPSA) is 54.5 Å². The number of aromatic nitrogens is 1. The lowest BCUT2D eigenvalue weighted by atomic mass is 9.88. The molecule has 25 heavy (non-hydrogen) atoms. The molecular formula is C20H31N3O2. The third-order valence-electron chi connectivity index (χ3n) is 5.70. The fourth-order valence-electron chi connectivity index (χ4n) is 3.98. The number of pyridine rings is 1. The van der Waals surface area contributed by atoms with Crippen molar-refractivity contribution in [3.05, 3.63) is 30.1 Å². The third kappa shape index (κ3) is 5.02. The lowest BCUT2D eigenvalue weighted by Crippen LogP contribution is -2.47. The Bertz CT molecular complexity index is 553. The molecule has 1 aromatic rings. The van der Waals surface area contributed by atoms with E-state index in [1.54, 1.807) is 12.4 Å². The molecule has 0 saturated carbocycles. The quantitative estimate of drug-likeness (QED) is 0.861. The molecule has 138 valence electrons. The molecule has 1 N–H and O–H groups in total. The van der Waals surface area contributed by atoms with Gasteiger partial charge in [-0.05, 0) is 63.6 Å². The second kappa shape index (κ2) is 8.28. The second-order valence-electron chi connectivity index (χ2n) is 7.75. The normalized spacial score (nSPS) is 23.2. The molecule has 2 saturated heterocycles. The maximum atomic E-state index is 12.1. The van der Waals surface area contributed by atoms with Crippen molar-refractivity contribution >= 4 is 5.91 Å². The van der Waals surface area contributed by atoms with Crippen molar-refractivity contribution in [2.45, 2.75) is 70.1 Å². The van der Waals surface area contributed by atoms with Gasteiger partial charge in [0, 0.05) is 44.5 Å². The number of nitrogens with zero attached hydrogens (tertiary/aromatic N) is 2. The Balaban J connectivity index is 1.36. The lowest BCUT2D eigenvalue weighted by Gasteiger charge is -2.40. The number of hydrogen-bond acceptors (Lipinski definition) is 4. The van der Waals surface area contributed by atoms with Gasteiger partial charge in [0.15, 0.2) is 0 Å². The number of carbonyl (C=O) groups excluding carboxylic acids is 1. The van der Waals surface area contributed by atoms with E-state index in [1.807, 2.05) is 12.1 Å². The zero-order valence-corrected chi connectivity index (χ0v) is 15.5. The van der Waals surface area contributed by atoms with Crippen LogP contribution in [0.2, 0.25) is 0 Å². The van der Waals surface area contributed by atoms with E-state index in [2.05, 4.69) is 29.0 Å². The van der Waals surface area contributed by atoms with Gasteiger partial charge in [0.05, 0.1) is 11.7 Å². The van der Waals surface area contributed by atoms with Crippen LogP contribution in [0.3, 0.4) is 0 Å². The van der Waals surface area contributed by atoms with Gasteiger partial charge in [0.25, 0.3) is 0 Å². The summed E-state index contributed by atoms with van der Waals surface area (Å²) in [5.74, 6) is 0.107. The highest BCUT2D eigenvalue weighted by atomic mass is 16.5. The van der Waals surface area contributed by atoms with Crippen molar-refractivity contribution in [3.8, 4) is 0 Å². The van der Waals surface area contributed by atoms with Gasteiger partial charge in [0.1, 0.15) is 0 Å². The van der Waals surface area contributed by atoms with E-state index in [9.17, 15) is 4.79 Å². The molecule has 0 radical (unpaired) electrons. The van der Waals surface area contributed by atoms with Gasteiger partial charge in [-0.15, -0.1) is 0 Å². The molecule has 5 nitrogen and oxygen atoms in total. The van der Waals surface area contributed by atoms with Crippen molar-refractivity contribution < 1.29 is 9.53 Å². The Labute approximate surface area is 151 Å². The van der Waals surface area contributed by atoms with Crippen LogP contribution >= 0.6 is 0 Å². The van der Waals surface area contributed by atoms with Gasteiger partial charge in [-0.3, -0.25) is 9.78 Å². The molecule has 1 aromatic heterocycles. The SMILES string of the molecule is CC(C)N1CCC2(CC[C@H](CNC(=O)CCc3ccncc3)O2)CC1. The van der Waals surface area contributed by atoms with Gasteiger partial charge < -0.3 is 15.0 Å². The van der Waals surface area contributed by atoms with Crippen molar-refractivity contribution in [1.82, 2.24) is 15.2 Å². The highest BCUT2D eigenvalue weighted by Crippen LogP contribution is 2.39. The smallest absolute Gasteiger partial charge is 0.220 e. The summed E-state index contributed by atoms with van der Waals surface area (Å²) in [5.41, 5.74) is 1.22. The Morgan fingerprint density at radius 1 is 1.32 bits per heavy atom. The molecule has 3 heterocycles. The van der Waals surface area contributed by atoms with Gasteiger partial charge in [-0.1, -0.05) is 0 Å². The van der Waals surface area contributed by atoms with E-state index in [0.717, 1.165) is 50.8 Å². The predicted octanol–water partition coefficient (Wildman–Crippen LogP) is 2.55. The van der Waals surface area contributed by atoms with Crippen LogP contribution in [0.5, 0.6) is 0 Å². The summed E-state index contributed by atoms with van der Waals surface area (Å²) in [6.07, 6.45) is 9.43. The van der Waals surface area contributed by atoms with Gasteiger partial charge >= 0.3 is 0 Å². The van der Waals surface area contributed by atoms with E-state index < -0.39 is 0 Å². The van der Waals surface area contributed by atoms with E-state index in [4.69, 9.17) is 4.74 Å². The minimum absolute atomic E-state index is 0.0673. The summed E-state index contributed by atoms with van der Waals surface area (Å²) in [7, 11) is 0. The molecule has 0 unspecified atom stereocenters. The van der Waals surface area contributed by atoms with Gasteiger partial charge in [-0.25, -0.2) is 0 Å². The molecule has 2 aliphatic rings. The van der Waals surface area contributed by atoms with Crippen LogP contribution in [-0.4, -0.2) is 53.2 Å². The van der Waals surface area contributed by atoms with Crippen molar-refractivity contribution in [2.24, 2.45) is 0 Å². The standard InChI is InChI=1S/C20H31N3O2/c1-16(2)23-13-9-20(10-14-23)8-5-18(25-20)15-22-19(24)4-3-17-6-11-21-12-7-17/h6-7,11-12,16,18H,3-5,8-10,13-15H2,1-2H3,(H,22,24)/t18-/m1/s1. The Morgan fingerprint density at radius 2 is 2.04 bits per heavy atom. The Kier molecular flexibility index (Phi) is 6.07. The predicted molar refractivity (Wildman–Crippen MR) is 98.3 cm³/mol. The van der Waals surface area contributed by atoms with Crippen LogP contribution in [0.15, 0.2) is 24.5 Å². The average molecular weight is 345 g/mol. The maximum absolute atomic E-state index is 12.1. The van der Waals surface area contributed by atoms with Crippen LogP contribution in [0.4, 0.5) is 0 Å². The minimum Gasteiger partial charge on any atom is -0.370 e. The fourth-order valence-corrected chi connectivity index (χ4v) is 3.98. The number of rotatable bonds is 6. The maximum Gasteiger partial charge on any atom is 0.220 e. The van der Waals surface area contributed by atoms with Gasteiger partial charge in [0.2, 0.25) is 5.91 Å². The van der Waals surface area contributed by atoms with Crippen molar-refractivity contribution in [2.75, 3.05) is 19.6 Å². The first kappa shape index (κ1) is 18.3. The average Bonchev–Trinajstić information content (AvgIpc) is 3.02. The summed E-state index contributed by atoms with van der Waals surface area (Å²) in [6.45, 7) is 7.42. The van der Waals surface area contributed by atoms with E-state index in [1.165, 1.54) is 0 Å². The molecule has 1 spiro atoms. The summed E-state index contributed by atoms with van der Waals surface area (Å²) in [5, 5.41) is 3.05.